The highest BCUT2D eigenvalue weighted by Gasteiger charge is 2.29. The Morgan fingerprint density at radius 3 is 2.38 bits per heavy atom. The number of nitrogens with one attached hydrogen (secondary N) is 1. The second kappa shape index (κ2) is 7.09. The van der Waals surface area contributed by atoms with Crippen molar-refractivity contribution in [3.63, 3.8) is 0 Å². The number of nitrogens with two attached hydrogens (primary N) is 1. The van der Waals surface area contributed by atoms with Gasteiger partial charge in [0.1, 0.15) is 0 Å². The normalized spacial score (nSPS) is 18.0. The summed E-state index contributed by atoms with van der Waals surface area (Å²) in [5.41, 5.74) is 7.72. The number of hydrogen-bond donors (Lipinski definition) is 2. The molecule has 1 saturated carbocycles. The third kappa shape index (κ3) is 4.68. The maximum absolute atomic E-state index is 12.4. The van der Waals surface area contributed by atoms with E-state index in [0.717, 1.165) is 36.8 Å². The average molecular weight is 333 g/mol. The summed E-state index contributed by atoms with van der Waals surface area (Å²) >= 11 is 0. The van der Waals surface area contributed by atoms with Gasteiger partial charge < -0.3 is 5.73 Å². The van der Waals surface area contributed by atoms with Gasteiger partial charge in [-0.2, -0.15) is 0 Å². The summed E-state index contributed by atoms with van der Waals surface area (Å²) in [4.78, 5) is 0.350. The second-order valence-corrected chi connectivity index (χ2v) is 7.75. The lowest BCUT2D eigenvalue weighted by molar-refractivity contribution is 0.296. The lowest BCUT2D eigenvalue weighted by Gasteiger charge is -2.33. The molecule has 1 aromatic rings. The van der Waals surface area contributed by atoms with Crippen molar-refractivity contribution < 1.29 is 8.42 Å². The maximum atomic E-state index is 12.4. The minimum absolute atomic E-state index is 0. The largest absolute Gasteiger partial charge is 0.324 e. The third-order valence-corrected chi connectivity index (χ3v) is 5.65. The zero-order chi connectivity index (χ0) is 14.8. The molecule has 1 fully saturated rings. The molecule has 0 amide bonds. The molecular weight excluding hydrogens is 308 g/mol. The van der Waals surface area contributed by atoms with E-state index in [1.165, 1.54) is 6.42 Å². The van der Waals surface area contributed by atoms with Gasteiger partial charge in [-0.3, -0.25) is 0 Å². The first-order valence-corrected chi connectivity index (χ1v) is 8.67. The van der Waals surface area contributed by atoms with Crippen LogP contribution in [-0.4, -0.2) is 20.5 Å². The van der Waals surface area contributed by atoms with Crippen molar-refractivity contribution in [3.05, 3.63) is 29.3 Å². The average Bonchev–Trinajstić information content (AvgIpc) is 2.37. The quantitative estimate of drug-likeness (QED) is 0.890. The van der Waals surface area contributed by atoms with Crippen LogP contribution >= 0.6 is 12.4 Å². The summed E-state index contributed by atoms with van der Waals surface area (Å²) in [5.74, 6) is 0. The fourth-order valence-electron chi connectivity index (χ4n) is 2.85. The maximum Gasteiger partial charge on any atom is 0.240 e. The molecule has 0 unspecified atom stereocenters. The predicted octanol–water partition coefficient (Wildman–Crippen LogP) is 2.67. The lowest BCUT2D eigenvalue weighted by Crippen LogP contribution is -2.51. The summed E-state index contributed by atoms with van der Waals surface area (Å²) in [5, 5.41) is 0. The summed E-state index contributed by atoms with van der Waals surface area (Å²) < 4.78 is 27.5. The van der Waals surface area contributed by atoms with Gasteiger partial charge >= 0.3 is 0 Å². The van der Waals surface area contributed by atoms with E-state index in [1.54, 1.807) is 6.07 Å². The van der Waals surface area contributed by atoms with E-state index >= 15 is 0 Å². The van der Waals surface area contributed by atoms with Crippen molar-refractivity contribution in [3.8, 4) is 0 Å². The molecule has 0 atom stereocenters. The number of benzene rings is 1. The van der Waals surface area contributed by atoms with Crippen molar-refractivity contribution >= 4 is 22.4 Å². The zero-order valence-electron chi connectivity index (χ0n) is 12.7. The Morgan fingerprint density at radius 2 is 1.81 bits per heavy atom. The van der Waals surface area contributed by atoms with Gasteiger partial charge in [-0.05, 0) is 38.3 Å². The molecule has 0 bridgehead atoms. The van der Waals surface area contributed by atoms with Crippen molar-refractivity contribution in [1.29, 1.82) is 0 Å². The molecule has 6 heteroatoms. The van der Waals surface area contributed by atoms with Crippen molar-refractivity contribution in [1.82, 2.24) is 4.72 Å². The van der Waals surface area contributed by atoms with Crippen LogP contribution in [0.2, 0.25) is 0 Å². The Morgan fingerprint density at radius 1 is 1.19 bits per heavy atom. The van der Waals surface area contributed by atoms with Crippen LogP contribution < -0.4 is 10.5 Å². The highest BCUT2D eigenvalue weighted by atomic mass is 35.5. The van der Waals surface area contributed by atoms with Crippen LogP contribution in [0.1, 0.15) is 43.2 Å². The van der Waals surface area contributed by atoms with Gasteiger partial charge in [0.05, 0.1) is 4.90 Å². The topological polar surface area (TPSA) is 72.2 Å². The summed E-state index contributed by atoms with van der Waals surface area (Å²) in [6.07, 6.45) is 5.15. The van der Waals surface area contributed by atoms with Crippen LogP contribution in [0.25, 0.3) is 0 Å². The van der Waals surface area contributed by atoms with Crippen LogP contribution in [0, 0.1) is 13.8 Å². The smallest absolute Gasteiger partial charge is 0.240 e. The molecule has 21 heavy (non-hydrogen) atoms. The molecule has 0 aromatic heterocycles. The minimum Gasteiger partial charge on any atom is -0.324 e. The van der Waals surface area contributed by atoms with E-state index in [9.17, 15) is 8.42 Å². The number of aryl methyl sites for hydroxylation is 2. The van der Waals surface area contributed by atoms with E-state index in [4.69, 9.17) is 5.73 Å². The lowest BCUT2D eigenvalue weighted by atomic mass is 9.83. The Labute approximate surface area is 134 Å². The van der Waals surface area contributed by atoms with E-state index < -0.39 is 10.0 Å². The molecular formula is C15H25ClN2O2S. The molecule has 0 aliphatic heterocycles. The summed E-state index contributed by atoms with van der Waals surface area (Å²) in [6, 6.07) is 5.37. The van der Waals surface area contributed by atoms with Crippen LogP contribution in [0.4, 0.5) is 0 Å². The SMILES string of the molecule is Cc1ccc(S(=O)(=O)NCC2(N)CCCCC2)c(C)c1.Cl. The third-order valence-electron chi connectivity index (χ3n) is 4.08. The first-order chi connectivity index (χ1) is 9.32. The van der Waals surface area contributed by atoms with E-state index in [-0.39, 0.29) is 17.9 Å². The molecule has 1 aromatic carbocycles. The number of sulfonamides is 1. The van der Waals surface area contributed by atoms with E-state index in [2.05, 4.69) is 4.72 Å². The molecule has 0 spiro atoms. The standard InChI is InChI=1S/C15H24N2O2S.ClH/c1-12-6-7-14(13(2)10-12)20(18,19)17-11-15(16)8-4-3-5-9-15;/h6-7,10,17H,3-5,8-9,11,16H2,1-2H3;1H. The van der Waals surface area contributed by atoms with Gasteiger partial charge in [-0.1, -0.05) is 37.0 Å². The highest BCUT2D eigenvalue weighted by Crippen LogP contribution is 2.26. The number of rotatable bonds is 4. The van der Waals surface area contributed by atoms with Gasteiger partial charge in [-0.15, -0.1) is 12.4 Å². The number of hydrogen-bond acceptors (Lipinski definition) is 3. The van der Waals surface area contributed by atoms with Crippen LogP contribution in [-0.2, 0) is 10.0 Å². The Bertz CT molecular complexity index is 581. The number of halogens is 1. The van der Waals surface area contributed by atoms with Gasteiger partial charge in [0.2, 0.25) is 10.0 Å². The molecule has 0 radical (unpaired) electrons. The van der Waals surface area contributed by atoms with Crippen molar-refractivity contribution in [2.24, 2.45) is 5.73 Å². The molecule has 1 aliphatic rings. The van der Waals surface area contributed by atoms with Gasteiger partial charge in [0, 0.05) is 12.1 Å². The molecule has 0 heterocycles. The predicted molar refractivity (Wildman–Crippen MR) is 88.4 cm³/mol. The van der Waals surface area contributed by atoms with Crippen molar-refractivity contribution in [2.45, 2.75) is 56.4 Å². The van der Waals surface area contributed by atoms with Gasteiger partial charge in [-0.25, -0.2) is 13.1 Å². The van der Waals surface area contributed by atoms with Crippen LogP contribution in [0.5, 0.6) is 0 Å². The van der Waals surface area contributed by atoms with Gasteiger partial charge in [0.15, 0.2) is 0 Å². The second-order valence-electron chi connectivity index (χ2n) is 6.02. The molecule has 0 saturated heterocycles. The molecule has 1 aliphatic carbocycles. The van der Waals surface area contributed by atoms with Gasteiger partial charge in [0.25, 0.3) is 0 Å². The van der Waals surface area contributed by atoms with E-state index in [0.29, 0.717) is 11.4 Å². The van der Waals surface area contributed by atoms with Crippen LogP contribution in [0.15, 0.2) is 23.1 Å². The fourth-order valence-corrected chi connectivity index (χ4v) is 4.21. The minimum atomic E-state index is -3.48. The molecule has 2 rings (SSSR count). The molecule has 120 valence electrons. The van der Waals surface area contributed by atoms with Crippen molar-refractivity contribution in [2.75, 3.05) is 6.54 Å². The summed E-state index contributed by atoms with van der Waals surface area (Å²) in [7, 11) is -3.48. The molecule has 3 N–H and O–H groups in total. The Hall–Kier alpha value is -0.620. The monoisotopic (exact) mass is 332 g/mol. The van der Waals surface area contributed by atoms with E-state index in [1.807, 2.05) is 26.0 Å². The fraction of sp³-hybridized carbons (Fsp3) is 0.600. The first kappa shape index (κ1) is 18.4. The molecule has 4 nitrogen and oxygen atoms in total. The Balaban J connectivity index is 0.00000220. The summed E-state index contributed by atoms with van der Waals surface area (Å²) in [6.45, 7) is 4.09. The highest BCUT2D eigenvalue weighted by molar-refractivity contribution is 7.89. The zero-order valence-corrected chi connectivity index (χ0v) is 14.3. The first-order valence-electron chi connectivity index (χ1n) is 7.18. The van der Waals surface area contributed by atoms with Crippen LogP contribution in [0.3, 0.4) is 0 Å². The Kier molecular flexibility index (Phi) is 6.23.